The topological polar surface area (TPSA) is 64.6 Å². The average Bonchev–Trinajstić information content (AvgIpc) is 2.66. The number of carbonyl (C=O) groups is 2. The van der Waals surface area contributed by atoms with Crippen LogP contribution in [0.25, 0.3) is 0 Å². The molecular formula is C21H25NO4. The zero-order valence-electron chi connectivity index (χ0n) is 15.7. The van der Waals surface area contributed by atoms with Crippen molar-refractivity contribution in [1.29, 1.82) is 0 Å². The van der Waals surface area contributed by atoms with Crippen molar-refractivity contribution in [1.82, 2.24) is 0 Å². The number of nitrogens with one attached hydrogen (secondary N) is 1. The number of Topliss-reactive ketones (excluding diaryl/α,β-unsaturated/α-hetero) is 1. The predicted molar refractivity (Wildman–Crippen MR) is 102 cm³/mol. The fraction of sp³-hybridized carbons (Fsp3) is 0.333. The third kappa shape index (κ3) is 4.63. The molecule has 2 rings (SSSR count). The summed E-state index contributed by atoms with van der Waals surface area (Å²) >= 11 is 0. The molecule has 0 saturated heterocycles. The Morgan fingerprint density at radius 3 is 2.19 bits per heavy atom. The number of para-hydroxylation sites is 1. The lowest BCUT2D eigenvalue weighted by molar-refractivity contribution is -0.118. The van der Waals surface area contributed by atoms with E-state index in [1.807, 2.05) is 18.2 Å². The van der Waals surface area contributed by atoms with Crippen LogP contribution in [-0.2, 0) is 17.6 Å². The lowest BCUT2D eigenvalue weighted by Gasteiger charge is -2.15. The van der Waals surface area contributed by atoms with Crippen LogP contribution in [-0.4, -0.2) is 25.4 Å². The second-order valence-electron chi connectivity index (χ2n) is 5.92. The highest BCUT2D eigenvalue weighted by atomic mass is 16.5. The first-order chi connectivity index (χ1) is 12.5. The molecule has 0 bridgehead atoms. The third-order valence-corrected chi connectivity index (χ3v) is 4.19. The lowest BCUT2D eigenvalue weighted by atomic mass is 10.0. The molecule has 2 aromatic rings. The SMILES string of the molecule is CCc1cccc(CC)c1NC(=O)COc1ccc(C(C)=O)cc1OC. The highest BCUT2D eigenvalue weighted by Gasteiger charge is 2.13. The molecule has 0 aromatic heterocycles. The first kappa shape index (κ1) is 19.5. The molecule has 0 atom stereocenters. The Labute approximate surface area is 154 Å². The van der Waals surface area contributed by atoms with Gasteiger partial charge in [-0.2, -0.15) is 0 Å². The Balaban J connectivity index is 2.09. The van der Waals surface area contributed by atoms with E-state index in [0.717, 1.165) is 29.7 Å². The van der Waals surface area contributed by atoms with Crippen molar-refractivity contribution < 1.29 is 19.1 Å². The summed E-state index contributed by atoms with van der Waals surface area (Å²) in [5, 5.41) is 2.96. The molecule has 5 heteroatoms. The lowest BCUT2D eigenvalue weighted by Crippen LogP contribution is -2.22. The molecule has 0 fully saturated rings. The molecule has 0 saturated carbocycles. The van der Waals surface area contributed by atoms with Gasteiger partial charge in [0.1, 0.15) is 0 Å². The Morgan fingerprint density at radius 2 is 1.65 bits per heavy atom. The van der Waals surface area contributed by atoms with Crippen molar-refractivity contribution in [3.8, 4) is 11.5 Å². The predicted octanol–water partition coefficient (Wildman–Crippen LogP) is 4.04. The summed E-state index contributed by atoms with van der Waals surface area (Å²) in [6.45, 7) is 5.46. The standard InChI is InChI=1S/C21H25NO4/c1-5-15-8-7-9-16(6-2)21(15)22-20(24)13-26-18-11-10-17(14(3)23)12-19(18)25-4/h7-12H,5-6,13H2,1-4H3,(H,22,24). The van der Waals surface area contributed by atoms with Gasteiger partial charge in [-0.15, -0.1) is 0 Å². The number of carbonyl (C=O) groups excluding carboxylic acids is 2. The monoisotopic (exact) mass is 355 g/mol. The Kier molecular flexibility index (Phi) is 6.78. The van der Waals surface area contributed by atoms with E-state index in [2.05, 4.69) is 19.2 Å². The van der Waals surface area contributed by atoms with Crippen molar-refractivity contribution in [3.05, 3.63) is 53.1 Å². The van der Waals surface area contributed by atoms with Crippen LogP contribution in [0.1, 0.15) is 42.3 Å². The molecule has 0 radical (unpaired) electrons. The first-order valence-electron chi connectivity index (χ1n) is 8.72. The minimum atomic E-state index is -0.238. The highest BCUT2D eigenvalue weighted by Crippen LogP contribution is 2.28. The summed E-state index contributed by atoms with van der Waals surface area (Å²) < 4.78 is 10.8. The number of hydrogen-bond donors (Lipinski definition) is 1. The Hall–Kier alpha value is -2.82. The van der Waals surface area contributed by atoms with Crippen molar-refractivity contribution in [2.45, 2.75) is 33.6 Å². The molecule has 0 spiro atoms. The molecular weight excluding hydrogens is 330 g/mol. The molecule has 5 nitrogen and oxygen atoms in total. The quantitative estimate of drug-likeness (QED) is 0.726. The van der Waals surface area contributed by atoms with E-state index in [9.17, 15) is 9.59 Å². The van der Waals surface area contributed by atoms with Crippen molar-refractivity contribution >= 4 is 17.4 Å². The minimum Gasteiger partial charge on any atom is -0.493 e. The number of amides is 1. The largest absolute Gasteiger partial charge is 0.493 e. The van der Waals surface area contributed by atoms with Crippen LogP contribution < -0.4 is 14.8 Å². The zero-order valence-corrected chi connectivity index (χ0v) is 15.7. The van der Waals surface area contributed by atoms with Gasteiger partial charge in [0.2, 0.25) is 0 Å². The van der Waals surface area contributed by atoms with Crippen molar-refractivity contribution in [2.24, 2.45) is 0 Å². The number of rotatable bonds is 8. The molecule has 26 heavy (non-hydrogen) atoms. The molecule has 0 unspecified atom stereocenters. The molecule has 138 valence electrons. The summed E-state index contributed by atoms with van der Waals surface area (Å²) in [5.41, 5.74) is 3.59. The molecule has 0 aliphatic heterocycles. The van der Waals surface area contributed by atoms with Gasteiger partial charge in [-0.1, -0.05) is 32.0 Å². The fourth-order valence-corrected chi connectivity index (χ4v) is 2.73. The highest BCUT2D eigenvalue weighted by molar-refractivity contribution is 5.95. The number of aryl methyl sites for hydroxylation is 2. The van der Waals surface area contributed by atoms with E-state index in [-0.39, 0.29) is 18.3 Å². The number of benzene rings is 2. The first-order valence-corrected chi connectivity index (χ1v) is 8.72. The molecule has 2 aromatic carbocycles. The maximum Gasteiger partial charge on any atom is 0.262 e. The Bertz CT molecular complexity index is 776. The second kappa shape index (κ2) is 9.04. The van der Waals surface area contributed by atoms with E-state index in [1.165, 1.54) is 14.0 Å². The van der Waals surface area contributed by atoms with E-state index < -0.39 is 0 Å². The molecule has 0 aliphatic carbocycles. The van der Waals surface area contributed by atoms with E-state index in [4.69, 9.17) is 9.47 Å². The normalized spacial score (nSPS) is 10.3. The van der Waals surface area contributed by atoms with Crippen molar-refractivity contribution in [2.75, 3.05) is 19.0 Å². The fourth-order valence-electron chi connectivity index (χ4n) is 2.73. The summed E-state index contributed by atoms with van der Waals surface area (Å²) in [6, 6.07) is 10.9. The van der Waals surface area contributed by atoms with Gasteiger partial charge in [0, 0.05) is 11.3 Å². The maximum atomic E-state index is 12.4. The van der Waals surface area contributed by atoms with Crippen LogP contribution in [0.2, 0.25) is 0 Å². The summed E-state index contributed by atoms with van der Waals surface area (Å²) in [4.78, 5) is 23.8. The molecule has 1 N–H and O–H groups in total. The average molecular weight is 355 g/mol. The summed E-state index contributed by atoms with van der Waals surface area (Å²) in [7, 11) is 1.50. The van der Waals surface area contributed by atoms with Crippen LogP contribution in [0.3, 0.4) is 0 Å². The third-order valence-electron chi connectivity index (χ3n) is 4.19. The number of ketones is 1. The number of methoxy groups -OCH3 is 1. The van der Waals surface area contributed by atoms with Gasteiger partial charge >= 0.3 is 0 Å². The van der Waals surface area contributed by atoms with Crippen LogP contribution in [0.5, 0.6) is 11.5 Å². The summed E-state index contributed by atoms with van der Waals surface area (Å²) in [6.07, 6.45) is 1.68. The van der Waals surface area contributed by atoms with Crippen LogP contribution in [0, 0.1) is 0 Å². The second-order valence-corrected chi connectivity index (χ2v) is 5.92. The van der Waals surface area contributed by atoms with Gasteiger partial charge in [-0.25, -0.2) is 0 Å². The van der Waals surface area contributed by atoms with Crippen LogP contribution in [0.4, 0.5) is 5.69 Å². The smallest absolute Gasteiger partial charge is 0.262 e. The van der Waals surface area contributed by atoms with Crippen molar-refractivity contribution in [3.63, 3.8) is 0 Å². The van der Waals surface area contributed by atoms with Gasteiger partial charge in [0.25, 0.3) is 5.91 Å². The zero-order chi connectivity index (χ0) is 19.1. The van der Waals surface area contributed by atoms with Crippen LogP contribution >= 0.6 is 0 Å². The van der Waals surface area contributed by atoms with Gasteiger partial charge in [0.15, 0.2) is 23.9 Å². The number of hydrogen-bond acceptors (Lipinski definition) is 4. The molecule has 0 heterocycles. The van der Waals surface area contributed by atoms with Gasteiger partial charge in [-0.3, -0.25) is 9.59 Å². The van der Waals surface area contributed by atoms with Crippen LogP contribution in [0.15, 0.2) is 36.4 Å². The van der Waals surface area contributed by atoms with Gasteiger partial charge < -0.3 is 14.8 Å². The van der Waals surface area contributed by atoms with Gasteiger partial charge in [0.05, 0.1) is 7.11 Å². The minimum absolute atomic E-state index is 0.0594. The Morgan fingerprint density at radius 1 is 1.00 bits per heavy atom. The number of anilines is 1. The summed E-state index contributed by atoms with van der Waals surface area (Å²) in [5.74, 6) is 0.551. The van der Waals surface area contributed by atoms with E-state index >= 15 is 0 Å². The van der Waals surface area contributed by atoms with E-state index in [0.29, 0.717) is 17.1 Å². The molecule has 1 amide bonds. The number of ether oxygens (including phenoxy) is 2. The van der Waals surface area contributed by atoms with E-state index in [1.54, 1.807) is 18.2 Å². The molecule has 0 aliphatic rings. The van der Waals surface area contributed by atoms with Gasteiger partial charge in [-0.05, 0) is 49.1 Å². The maximum absolute atomic E-state index is 12.4.